The average Bonchev–Trinajstić information content (AvgIpc) is 2.75. The van der Waals surface area contributed by atoms with Crippen molar-refractivity contribution < 1.29 is 4.39 Å². The molecule has 0 amide bonds. The molecule has 94 valence electrons. The third kappa shape index (κ3) is 1.80. The number of nitrogens with zero attached hydrogens (tertiary/aromatic N) is 3. The molecule has 2 heterocycles. The normalized spacial score (nSPS) is 18.7. The van der Waals surface area contributed by atoms with Crippen molar-refractivity contribution in [1.82, 2.24) is 14.8 Å². The molecule has 0 aliphatic carbocycles. The molecular weight excluding hydrogens is 231 g/mol. The number of hydrogen-bond donors (Lipinski definition) is 1. The number of halogens is 1. The Morgan fingerprint density at radius 3 is 3.06 bits per heavy atom. The Hall–Kier alpha value is -1.75. The molecule has 1 aromatic heterocycles. The first kappa shape index (κ1) is 11.3. The van der Waals surface area contributed by atoms with Gasteiger partial charge < -0.3 is 10.3 Å². The van der Waals surface area contributed by atoms with Crippen LogP contribution in [-0.4, -0.2) is 20.8 Å². The van der Waals surface area contributed by atoms with E-state index in [4.69, 9.17) is 5.73 Å². The highest BCUT2D eigenvalue weighted by Gasteiger charge is 2.22. The minimum absolute atomic E-state index is 0.126. The molecule has 1 aliphatic heterocycles. The molecule has 2 N–H and O–H groups in total. The molecule has 1 aliphatic rings. The molecule has 0 radical (unpaired) electrons. The lowest BCUT2D eigenvalue weighted by molar-refractivity contribution is 0.456. The van der Waals surface area contributed by atoms with Crippen LogP contribution in [0.5, 0.6) is 0 Å². The Bertz CT molecular complexity index is 591. The van der Waals surface area contributed by atoms with Crippen molar-refractivity contribution in [2.24, 2.45) is 5.73 Å². The molecule has 0 bridgehead atoms. The van der Waals surface area contributed by atoms with Crippen LogP contribution in [0, 0.1) is 12.7 Å². The van der Waals surface area contributed by atoms with E-state index in [0.717, 1.165) is 35.6 Å². The maximum absolute atomic E-state index is 13.4. The van der Waals surface area contributed by atoms with Crippen molar-refractivity contribution in [3.63, 3.8) is 0 Å². The summed E-state index contributed by atoms with van der Waals surface area (Å²) in [5.74, 6) is 1.40. The van der Waals surface area contributed by atoms with Crippen LogP contribution < -0.4 is 5.73 Å². The zero-order chi connectivity index (χ0) is 12.7. The van der Waals surface area contributed by atoms with Crippen LogP contribution in [0.4, 0.5) is 4.39 Å². The number of aromatic nitrogens is 3. The quantitative estimate of drug-likeness (QED) is 0.832. The molecule has 0 saturated carbocycles. The topological polar surface area (TPSA) is 56.7 Å². The molecule has 0 fully saturated rings. The van der Waals surface area contributed by atoms with Gasteiger partial charge in [-0.2, -0.15) is 0 Å². The predicted molar refractivity (Wildman–Crippen MR) is 66.4 cm³/mol. The van der Waals surface area contributed by atoms with E-state index in [9.17, 15) is 4.39 Å². The molecule has 1 aromatic carbocycles. The molecule has 18 heavy (non-hydrogen) atoms. The summed E-state index contributed by atoms with van der Waals surface area (Å²) >= 11 is 0. The van der Waals surface area contributed by atoms with Crippen molar-refractivity contribution in [2.75, 3.05) is 0 Å². The van der Waals surface area contributed by atoms with Crippen molar-refractivity contribution in [3.8, 4) is 11.4 Å². The van der Waals surface area contributed by atoms with Crippen LogP contribution in [0.25, 0.3) is 11.4 Å². The number of nitrogens with two attached hydrogens (primary N) is 1. The second-order valence-electron chi connectivity index (χ2n) is 4.81. The van der Waals surface area contributed by atoms with E-state index in [1.165, 1.54) is 12.1 Å². The highest BCUT2D eigenvalue weighted by molar-refractivity contribution is 5.60. The fourth-order valence-corrected chi connectivity index (χ4v) is 2.39. The number of fused-ring (bicyclic) bond motifs is 1. The van der Waals surface area contributed by atoms with Crippen molar-refractivity contribution in [3.05, 3.63) is 35.4 Å². The first-order valence-electron chi connectivity index (χ1n) is 6.09. The van der Waals surface area contributed by atoms with Gasteiger partial charge in [0.2, 0.25) is 0 Å². The minimum Gasteiger partial charge on any atom is -0.326 e. The Labute approximate surface area is 105 Å². The van der Waals surface area contributed by atoms with E-state index in [2.05, 4.69) is 10.2 Å². The maximum Gasteiger partial charge on any atom is 0.164 e. The molecule has 0 spiro atoms. The highest BCUT2D eigenvalue weighted by atomic mass is 19.1. The van der Waals surface area contributed by atoms with E-state index in [1.54, 1.807) is 6.07 Å². The first-order valence-corrected chi connectivity index (χ1v) is 6.09. The number of rotatable bonds is 1. The van der Waals surface area contributed by atoms with Gasteiger partial charge >= 0.3 is 0 Å². The van der Waals surface area contributed by atoms with Crippen molar-refractivity contribution >= 4 is 0 Å². The third-order valence-electron chi connectivity index (χ3n) is 3.42. The third-order valence-corrected chi connectivity index (χ3v) is 3.42. The second kappa shape index (κ2) is 4.17. The van der Waals surface area contributed by atoms with Gasteiger partial charge in [0.15, 0.2) is 5.82 Å². The van der Waals surface area contributed by atoms with Gasteiger partial charge in [-0.1, -0.05) is 6.07 Å². The molecule has 3 rings (SSSR count). The number of aryl methyl sites for hydroxylation is 2. The SMILES string of the molecule is Cc1ccc(F)cc1-c1nnc2n1CC(N)CC2. The van der Waals surface area contributed by atoms with E-state index in [-0.39, 0.29) is 11.9 Å². The zero-order valence-corrected chi connectivity index (χ0v) is 10.2. The van der Waals surface area contributed by atoms with E-state index in [0.29, 0.717) is 6.54 Å². The van der Waals surface area contributed by atoms with Gasteiger partial charge in [-0.15, -0.1) is 10.2 Å². The smallest absolute Gasteiger partial charge is 0.164 e. The standard InChI is InChI=1S/C13H15FN4/c1-8-2-3-9(14)6-11(8)13-17-16-12-5-4-10(15)7-18(12)13/h2-3,6,10H,4-5,7,15H2,1H3. The highest BCUT2D eigenvalue weighted by Crippen LogP contribution is 2.25. The molecule has 5 heteroatoms. The van der Waals surface area contributed by atoms with Crippen molar-refractivity contribution in [1.29, 1.82) is 0 Å². The van der Waals surface area contributed by atoms with Crippen LogP contribution in [0.1, 0.15) is 17.8 Å². The second-order valence-corrected chi connectivity index (χ2v) is 4.81. The average molecular weight is 246 g/mol. The molecule has 4 nitrogen and oxygen atoms in total. The molecule has 0 saturated heterocycles. The first-order chi connectivity index (χ1) is 8.65. The Morgan fingerprint density at radius 1 is 1.39 bits per heavy atom. The summed E-state index contributed by atoms with van der Waals surface area (Å²) in [4.78, 5) is 0. The van der Waals surface area contributed by atoms with Crippen LogP contribution >= 0.6 is 0 Å². The van der Waals surface area contributed by atoms with Crippen LogP contribution in [0.2, 0.25) is 0 Å². The number of hydrogen-bond acceptors (Lipinski definition) is 3. The predicted octanol–water partition coefficient (Wildman–Crippen LogP) is 1.67. The number of benzene rings is 1. The maximum atomic E-state index is 13.4. The van der Waals surface area contributed by atoms with Crippen LogP contribution in [0.15, 0.2) is 18.2 Å². The van der Waals surface area contributed by atoms with Gasteiger partial charge in [-0.05, 0) is 31.0 Å². The summed E-state index contributed by atoms with van der Waals surface area (Å²) in [6.45, 7) is 2.65. The van der Waals surface area contributed by atoms with Gasteiger partial charge in [0.25, 0.3) is 0 Å². The summed E-state index contributed by atoms with van der Waals surface area (Å²) in [6, 6.07) is 4.85. The summed E-state index contributed by atoms with van der Waals surface area (Å²) < 4.78 is 15.4. The lowest BCUT2D eigenvalue weighted by Gasteiger charge is -2.21. The lowest BCUT2D eigenvalue weighted by atomic mass is 10.1. The fourth-order valence-electron chi connectivity index (χ4n) is 2.39. The molecule has 1 atom stereocenters. The summed E-state index contributed by atoms with van der Waals surface area (Å²) in [6.07, 6.45) is 1.77. The van der Waals surface area contributed by atoms with Crippen LogP contribution in [-0.2, 0) is 13.0 Å². The van der Waals surface area contributed by atoms with Gasteiger partial charge in [-0.3, -0.25) is 0 Å². The van der Waals surface area contributed by atoms with E-state index < -0.39 is 0 Å². The van der Waals surface area contributed by atoms with Gasteiger partial charge in [0.1, 0.15) is 11.6 Å². The minimum atomic E-state index is -0.256. The Kier molecular flexibility index (Phi) is 2.63. The summed E-state index contributed by atoms with van der Waals surface area (Å²) in [5, 5.41) is 8.37. The monoisotopic (exact) mass is 246 g/mol. The zero-order valence-electron chi connectivity index (χ0n) is 10.2. The van der Waals surface area contributed by atoms with Gasteiger partial charge in [0.05, 0.1) is 0 Å². The molecular formula is C13H15FN4. The van der Waals surface area contributed by atoms with E-state index in [1.807, 2.05) is 11.5 Å². The van der Waals surface area contributed by atoms with Gasteiger partial charge in [0, 0.05) is 24.6 Å². The summed E-state index contributed by atoms with van der Waals surface area (Å²) in [5.41, 5.74) is 7.76. The molecule has 1 unspecified atom stereocenters. The van der Waals surface area contributed by atoms with E-state index >= 15 is 0 Å². The Morgan fingerprint density at radius 2 is 2.22 bits per heavy atom. The van der Waals surface area contributed by atoms with Crippen LogP contribution in [0.3, 0.4) is 0 Å². The largest absolute Gasteiger partial charge is 0.326 e. The Balaban J connectivity index is 2.12. The lowest BCUT2D eigenvalue weighted by Crippen LogP contribution is -2.32. The van der Waals surface area contributed by atoms with Crippen molar-refractivity contribution in [2.45, 2.75) is 32.4 Å². The molecule has 2 aromatic rings. The fraction of sp³-hybridized carbons (Fsp3) is 0.385. The summed E-state index contributed by atoms with van der Waals surface area (Å²) in [7, 11) is 0. The van der Waals surface area contributed by atoms with Gasteiger partial charge in [-0.25, -0.2) is 4.39 Å².